The number of rotatable bonds is 5. The zero-order valence-corrected chi connectivity index (χ0v) is 21.2. The van der Waals surface area contributed by atoms with Crippen molar-refractivity contribution in [2.24, 2.45) is 0 Å². The Kier molecular flexibility index (Phi) is 6.58. The molecule has 1 atom stereocenters. The molecule has 0 heterocycles. The Morgan fingerprint density at radius 1 is 0.828 bits per heavy atom. The predicted molar refractivity (Wildman–Crippen MR) is 127 cm³/mol. The van der Waals surface area contributed by atoms with Crippen molar-refractivity contribution in [2.75, 3.05) is 0 Å². The number of nitrogens with one attached hydrogen (secondary N) is 1. The lowest BCUT2D eigenvalue weighted by atomic mass is 9.87. The lowest BCUT2D eigenvalue weighted by molar-refractivity contribution is 0.571. The molecule has 0 radical (unpaired) electrons. The molecule has 0 fully saturated rings. The molecule has 0 aliphatic heterocycles. The summed E-state index contributed by atoms with van der Waals surface area (Å²) in [5.41, 5.74) is 3.18. The van der Waals surface area contributed by atoms with Crippen molar-refractivity contribution in [1.29, 1.82) is 0 Å². The highest BCUT2D eigenvalue weighted by atomic mass is 32.2. The van der Waals surface area contributed by atoms with Gasteiger partial charge in [-0.2, -0.15) is 0 Å². The zero-order valence-electron chi connectivity index (χ0n) is 19.4. The normalized spacial score (nSPS) is 14.7. The van der Waals surface area contributed by atoms with E-state index in [2.05, 4.69) is 83.6 Å². The predicted octanol–water partition coefficient (Wildman–Crippen LogP) is 6.36. The molecule has 0 aliphatic rings. The van der Waals surface area contributed by atoms with Crippen molar-refractivity contribution >= 4 is 18.1 Å². The Morgan fingerprint density at radius 2 is 1.31 bits per heavy atom. The molecule has 0 aliphatic carbocycles. The van der Waals surface area contributed by atoms with E-state index in [4.69, 9.17) is 0 Å². The third-order valence-electron chi connectivity index (χ3n) is 6.37. The summed E-state index contributed by atoms with van der Waals surface area (Å²) in [5.74, 6) is 0. The highest BCUT2D eigenvalue weighted by molar-refractivity contribution is 7.89. The molecule has 0 spiro atoms. The first-order valence-electron chi connectivity index (χ1n) is 10.3. The lowest BCUT2D eigenvalue weighted by Gasteiger charge is -2.43. The van der Waals surface area contributed by atoms with Crippen LogP contribution < -0.4 is 4.72 Å². The molecule has 2 aromatic carbocycles. The topological polar surface area (TPSA) is 46.2 Å². The van der Waals surface area contributed by atoms with Gasteiger partial charge in [0, 0.05) is 5.67 Å². The molecule has 29 heavy (non-hydrogen) atoms. The van der Waals surface area contributed by atoms with Gasteiger partial charge in [0.15, 0.2) is 0 Å². The first kappa shape index (κ1) is 23.8. The van der Waals surface area contributed by atoms with Gasteiger partial charge in [-0.15, -0.1) is 0 Å². The average Bonchev–Trinajstić information content (AvgIpc) is 2.58. The van der Waals surface area contributed by atoms with Crippen molar-refractivity contribution in [3.63, 3.8) is 0 Å². The molecule has 2 rings (SSSR count). The van der Waals surface area contributed by atoms with Crippen LogP contribution in [-0.2, 0) is 15.4 Å². The van der Waals surface area contributed by atoms with Crippen molar-refractivity contribution in [2.45, 2.75) is 82.6 Å². The summed E-state index contributed by atoms with van der Waals surface area (Å²) in [6, 6.07) is 15.5. The van der Waals surface area contributed by atoms with Crippen LogP contribution in [0.3, 0.4) is 0 Å². The number of hydrogen-bond acceptors (Lipinski definition) is 2. The van der Waals surface area contributed by atoms with Gasteiger partial charge >= 0.3 is 0 Å². The van der Waals surface area contributed by atoms with Gasteiger partial charge in [0.1, 0.15) is 0 Å². The van der Waals surface area contributed by atoms with Crippen LogP contribution >= 0.6 is 0 Å². The quantitative estimate of drug-likeness (QED) is 0.560. The average molecular weight is 432 g/mol. The fourth-order valence-corrected chi connectivity index (χ4v) is 7.79. The summed E-state index contributed by atoms with van der Waals surface area (Å²) < 4.78 is 29.6. The van der Waals surface area contributed by atoms with Gasteiger partial charge in [0.05, 0.1) is 13.0 Å². The molecule has 0 bridgehead atoms. The molecule has 5 heteroatoms. The van der Waals surface area contributed by atoms with Gasteiger partial charge in [-0.1, -0.05) is 96.6 Å². The molecule has 3 nitrogen and oxygen atoms in total. The van der Waals surface area contributed by atoms with Crippen LogP contribution in [0.15, 0.2) is 53.4 Å². The van der Waals surface area contributed by atoms with Crippen LogP contribution in [-0.4, -0.2) is 16.5 Å². The van der Waals surface area contributed by atoms with Crippen LogP contribution in [0.2, 0.25) is 18.1 Å². The third-order valence-corrected chi connectivity index (χ3v) is 13.8. The van der Waals surface area contributed by atoms with Crippen molar-refractivity contribution in [1.82, 2.24) is 4.72 Å². The summed E-state index contributed by atoms with van der Waals surface area (Å²) in [6.45, 7) is 19.7. The van der Waals surface area contributed by atoms with E-state index >= 15 is 0 Å². The minimum absolute atomic E-state index is 0.0240. The summed E-state index contributed by atoms with van der Waals surface area (Å²) in [5, 5.41) is 0.0240. The van der Waals surface area contributed by atoms with Crippen LogP contribution in [0.4, 0.5) is 0 Å². The van der Waals surface area contributed by atoms with E-state index in [-0.39, 0.29) is 16.1 Å². The van der Waals surface area contributed by atoms with E-state index in [1.54, 1.807) is 12.1 Å². The molecule has 2 aromatic rings. The highest BCUT2D eigenvalue weighted by Crippen LogP contribution is 2.44. The van der Waals surface area contributed by atoms with Crippen LogP contribution in [0, 0.1) is 6.92 Å². The second kappa shape index (κ2) is 8.01. The molecular formula is C24H37NO2SSi. The van der Waals surface area contributed by atoms with Crippen molar-refractivity contribution in [3.8, 4) is 0 Å². The Morgan fingerprint density at radius 3 is 1.72 bits per heavy atom. The minimum Gasteiger partial charge on any atom is -0.207 e. The monoisotopic (exact) mass is 431 g/mol. The maximum atomic E-state index is 13.2. The third kappa shape index (κ3) is 5.38. The molecule has 0 amide bonds. The van der Waals surface area contributed by atoms with E-state index in [9.17, 15) is 8.42 Å². The first-order chi connectivity index (χ1) is 13.1. The van der Waals surface area contributed by atoms with Gasteiger partial charge in [0.25, 0.3) is 0 Å². The van der Waals surface area contributed by atoms with Crippen molar-refractivity contribution in [3.05, 3.63) is 65.2 Å². The number of aryl methyl sites for hydroxylation is 1. The minimum atomic E-state index is -3.62. The van der Waals surface area contributed by atoms with Crippen molar-refractivity contribution < 1.29 is 8.42 Å². The first-order valence-corrected chi connectivity index (χ1v) is 14.8. The second-order valence-electron chi connectivity index (χ2n) is 10.7. The molecule has 160 valence electrons. The lowest BCUT2D eigenvalue weighted by Crippen LogP contribution is -2.51. The summed E-state index contributed by atoms with van der Waals surface area (Å²) in [6.07, 6.45) is 0. The Bertz CT molecular complexity index is 932. The number of hydrogen-bond donors (Lipinski definition) is 1. The fraction of sp³-hybridized carbons (Fsp3) is 0.500. The standard InChI is InChI=1S/C24H37NO2SSi/c1-18-10-16-21(17-11-18)28(26,27)25-22(29(8,9)24(5,6)7)19-12-14-20(15-13-19)23(2,3)4/h10-17,22,25H,1-9H3/t22-/m0/s1. The zero-order chi connectivity index (χ0) is 22.3. The molecule has 0 unspecified atom stereocenters. The molecule has 1 N–H and O–H groups in total. The Labute approximate surface area is 179 Å². The number of benzene rings is 2. The number of sulfonamides is 1. The van der Waals surface area contributed by atoms with E-state index < -0.39 is 18.1 Å². The van der Waals surface area contributed by atoms with Gasteiger partial charge in [-0.3, -0.25) is 0 Å². The van der Waals surface area contributed by atoms with Gasteiger partial charge < -0.3 is 0 Å². The van der Waals surface area contributed by atoms with Gasteiger partial charge in [-0.25, -0.2) is 13.1 Å². The van der Waals surface area contributed by atoms with Crippen LogP contribution in [0.5, 0.6) is 0 Å². The maximum absolute atomic E-state index is 13.2. The van der Waals surface area contributed by atoms with E-state index in [1.807, 2.05) is 19.1 Å². The van der Waals surface area contributed by atoms with Crippen LogP contribution in [0.25, 0.3) is 0 Å². The maximum Gasteiger partial charge on any atom is 0.240 e. The highest BCUT2D eigenvalue weighted by Gasteiger charge is 2.44. The SMILES string of the molecule is Cc1ccc(S(=O)(=O)N[C@H](c2ccc(C(C)(C)C)cc2)[Si](C)(C)C(C)(C)C)cc1. The summed E-state index contributed by atoms with van der Waals surface area (Å²) in [4.78, 5) is 0.318. The van der Waals surface area contributed by atoms with E-state index in [1.165, 1.54) is 5.56 Å². The second-order valence-corrected chi connectivity index (χ2v) is 17.9. The Balaban J connectivity index is 2.53. The fourth-order valence-electron chi connectivity index (χ4n) is 3.18. The largest absolute Gasteiger partial charge is 0.240 e. The van der Waals surface area contributed by atoms with Crippen LogP contribution in [0.1, 0.15) is 63.9 Å². The van der Waals surface area contributed by atoms with Gasteiger partial charge in [0.2, 0.25) is 10.0 Å². The molecule has 0 saturated heterocycles. The summed E-state index contributed by atoms with van der Waals surface area (Å²) in [7, 11) is -5.70. The molecule has 0 aromatic heterocycles. The van der Waals surface area contributed by atoms with E-state index in [0.717, 1.165) is 11.1 Å². The Hall–Kier alpha value is -1.43. The summed E-state index contributed by atoms with van der Waals surface area (Å²) >= 11 is 0. The van der Waals surface area contributed by atoms with Gasteiger partial charge in [-0.05, 0) is 40.6 Å². The molecular weight excluding hydrogens is 394 g/mol. The smallest absolute Gasteiger partial charge is 0.207 e. The molecule has 0 saturated carbocycles. The van der Waals surface area contributed by atoms with E-state index in [0.29, 0.717) is 4.90 Å².